The van der Waals surface area contributed by atoms with E-state index in [0.717, 1.165) is 30.9 Å². The van der Waals surface area contributed by atoms with Gasteiger partial charge in [-0.05, 0) is 52.9 Å². The molecule has 1 heterocycles. The third kappa shape index (κ3) is 6.07. The fourth-order valence-corrected chi connectivity index (χ4v) is 4.31. The van der Waals surface area contributed by atoms with Crippen molar-refractivity contribution in [2.24, 2.45) is 0 Å². The topological polar surface area (TPSA) is 50.4 Å². The molecule has 1 aliphatic carbocycles. The summed E-state index contributed by atoms with van der Waals surface area (Å²) >= 11 is 2.07. The molecule has 0 radical (unpaired) electrons. The second-order valence-electron chi connectivity index (χ2n) is 7.44. The molecule has 2 N–H and O–H groups in total. The molecule has 2 rings (SSSR count). The number of hydrogen-bond donors (Lipinski definition) is 2. The van der Waals surface area contributed by atoms with Crippen molar-refractivity contribution < 1.29 is 9.53 Å². The highest BCUT2D eigenvalue weighted by molar-refractivity contribution is 8.00. The molecule has 0 aromatic rings. The van der Waals surface area contributed by atoms with Gasteiger partial charge in [0.1, 0.15) is 5.60 Å². The van der Waals surface area contributed by atoms with E-state index in [4.69, 9.17) is 4.74 Å². The molecule has 1 aliphatic heterocycles. The number of alkyl carbamates (subject to hydrolysis) is 1. The summed E-state index contributed by atoms with van der Waals surface area (Å²) in [7, 11) is 0. The summed E-state index contributed by atoms with van der Waals surface area (Å²) in [5, 5.41) is 7.60. The summed E-state index contributed by atoms with van der Waals surface area (Å²) in [6.45, 7) is 8.00. The van der Waals surface area contributed by atoms with Crippen LogP contribution in [0.1, 0.15) is 59.8 Å². The molecule has 5 heteroatoms. The summed E-state index contributed by atoms with van der Waals surface area (Å²) < 4.78 is 5.32. The lowest BCUT2D eigenvalue weighted by Gasteiger charge is -2.32. The molecule has 4 nitrogen and oxygen atoms in total. The SMILES string of the molecule is CC1CC(NC2CCC(NC(=O)OC(C)(C)C)CC2)CS1. The van der Waals surface area contributed by atoms with Gasteiger partial charge < -0.3 is 15.4 Å². The number of carbonyl (C=O) groups excluding carboxylic acids is 1. The molecule has 21 heavy (non-hydrogen) atoms. The first kappa shape index (κ1) is 16.9. The van der Waals surface area contributed by atoms with E-state index in [1.807, 2.05) is 20.8 Å². The van der Waals surface area contributed by atoms with E-state index in [9.17, 15) is 4.79 Å². The van der Waals surface area contributed by atoms with Crippen LogP contribution in [0.5, 0.6) is 0 Å². The Kier molecular flexibility index (Phi) is 5.83. The minimum atomic E-state index is -0.417. The summed E-state index contributed by atoms with van der Waals surface area (Å²) in [6.07, 6.45) is 5.41. The van der Waals surface area contributed by atoms with Gasteiger partial charge in [0.2, 0.25) is 0 Å². The second kappa shape index (κ2) is 7.23. The summed E-state index contributed by atoms with van der Waals surface area (Å²) in [4.78, 5) is 11.8. The fraction of sp³-hybridized carbons (Fsp3) is 0.938. The van der Waals surface area contributed by atoms with Crippen LogP contribution in [0.25, 0.3) is 0 Å². The van der Waals surface area contributed by atoms with Crippen molar-refractivity contribution in [1.82, 2.24) is 10.6 Å². The van der Waals surface area contributed by atoms with Gasteiger partial charge in [0.25, 0.3) is 0 Å². The van der Waals surface area contributed by atoms with Crippen LogP contribution in [0, 0.1) is 0 Å². The average molecular weight is 314 g/mol. The molecule has 0 spiro atoms. The first-order valence-electron chi connectivity index (χ1n) is 8.19. The van der Waals surface area contributed by atoms with Crippen LogP contribution in [-0.4, -0.2) is 40.8 Å². The molecular formula is C16H30N2O2S. The van der Waals surface area contributed by atoms with Crippen molar-refractivity contribution in [2.75, 3.05) is 5.75 Å². The van der Waals surface area contributed by atoms with Crippen molar-refractivity contribution >= 4 is 17.9 Å². The molecule has 1 saturated carbocycles. The Morgan fingerprint density at radius 2 is 1.71 bits per heavy atom. The summed E-state index contributed by atoms with van der Waals surface area (Å²) in [5.74, 6) is 1.25. The zero-order chi connectivity index (χ0) is 15.5. The molecule has 1 saturated heterocycles. The van der Waals surface area contributed by atoms with Gasteiger partial charge in [-0.1, -0.05) is 6.92 Å². The monoisotopic (exact) mass is 314 g/mol. The van der Waals surface area contributed by atoms with Gasteiger partial charge >= 0.3 is 6.09 Å². The van der Waals surface area contributed by atoms with E-state index < -0.39 is 5.60 Å². The molecule has 0 aromatic carbocycles. The highest BCUT2D eigenvalue weighted by Crippen LogP contribution is 2.28. The molecule has 122 valence electrons. The van der Waals surface area contributed by atoms with Gasteiger partial charge in [0, 0.05) is 29.1 Å². The minimum Gasteiger partial charge on any atom is -0.444 e. The van der Waals surface area contributed by atoms with Crippen LogP contribution in [0.2, 0.25) is 0 Å². The van der Waals surface area contributed by atoms with E-state index in [1.54, 1.807) is 0 Å². The van der Waals surface area contributed by atoms with Crippen molar-refractivity contribution in [3.8, 4) is 0 Å². The van der Waals surface area contributed by atoms with E-state index in [2.05, 4.69) is 29.3 Å². The van der Waals surface area contributed by atoms with E-state index in [0.29, 0.717) is 12.1 Å². The molecule has 1 amide bonds. The average Bonchev–Trinajstić information content (AvgIpc) is 2.75. The third-order valence-corrected chi connectivity index (χ3v) is 5.47. The van der Waals surface area contributed by atoms with E-state index in [-0.39, 0.29) is 12.1 Å². The third-order valence-electron chi connectivity index (χ3n) is 4.12. The number of amides is 1. The Labute approximate surface area is 133 Å². The van der Waals surface area contributed by atoms with Gasteiger partial charge in [-0.2, -0.15) is 11.8 Å². The largest absolute Gasteiger partial charge is 0.444 e. The van der Waals surface area contributed by atoms with Crippen LogP contribution in [0.3, 0.4) is 0 Å². The standard InChI is InChI=1S/C16H30N2O2S/c1-11-9-14(10-21-11)17-12-5-7-13(8-6-12)18-15(19)20-16(2,3)4/h11-14,17H,5-10H2,1-4H3,(H,18,19). The Balaban J connectivity index is 1.65. The molecule has 0 bridgehead atoms. The van der Waals surface area contributed by atoms with E-state index in [1.165, 1.54) is 12.2 Å². The molecular weight excluding hydrogens is 284 g/mol. The van der Waals surface area contributed by atoms with Crippen LogP contribution >= 0.6 is 11.8 Å². The van der Waals surface area contributed by atoms with Crippen molar-refractivity contribution in [2.45, 2.75) is 88.8 Å². The predicted octanol–water partition coefficient (Wildman–Crippen LogP) is 3.31. The van der Waals surface area contributed by atoms with Crippen LogP contribution in [-0.2, 0) is 4.74 Å². The quantitative estimate of drug-likeness (QED) is 0.839. The zero-order valence-corrected chi connectivity index (χ0v) is 14.6. The number of rotatable bonds is 3. The van der Waals surface area contributed by atoms with Gasteiger partial charge in [-0.3, -0.25) is 0 Å². The number of nitrogens with one attached hydrogen (secondary N) is 2. The predicted molar refractivity (Wildman–Crippen MR) is 88.9 cm³/mol. The molecule has 2 atom stereocenters. The Morgan fingerprint density at radius 1 is 1.10 bits per heavy atom. The number of ether oxygens (including phenoxy) is 1. The lowest BCUT2D eigenvalue weighted by molar-refractivity contribution is 0.0489. The van der Waals surface area contributed by atoms with Crippen molar-refractivity contribution in [1.29, 1.82) is 0 Å². The summed E-state index contributed by atoms with van der Waals surface area (Å²) in [5.41, 5.74) is -0.417. The van der Waals surface area contributed by atoms with Crippen molar-refractivity contribution in [3.63, 3.8) is 0 Å². The Morgan fingerprint density at radius 3 is 2.24 bits per heavy atom. The van der Waals surface area contributed by atoms with Crippen LogP contribution in [0.15, 0.2) is 0 Å². The lowest BCUT2D eigenvalue weighted by Crippen LogP contribution is -2.46. The Hall–Kier alpha value is -0.420. The fourth-order valence-electron chi connectivity index (χ4n) is 3.15. The maximum absolute atomic E-state index is 11.8. The second-order valence-corrected chi connectivity index (χ2v) is 8.91. The number of carbonyl (C=O) groups is 1. The van der Waals surface area contributed by atoms with Crippen LogP contribution < -0.4 is 10.6 Å². The Bertz CT molecular complexity index is 349. The highest BCUT2D eigenvalue weighted by atomic mass is 32.2. The summed E-state index contributed by atoms with van der Waals surface area (Å²) in [6, 6.07) is 1.58. The molecule has 0 aromatic heterocycles. The lowest BCUT2D eigenvalue weighted by atomic mass is 9.90. The molecule has 2 aliphatic rings. The van der Waals surface area contributed by atoms with Crippen LogP contribution in [0.4, 0.5) is 4.79 Å². The first-order valence-corrected chi connectivity index (χ1v) is 9.24. The first-order chi connectivity index (χ1) is 9.82. The van der Waals surface area contributed by atoms with Gasteiger partial charge in [-0.15, -0.1) is 0 Å². The maximum atomic E-state index is 11.8. The number of hydrogen-bond acceptors (Lipinski definition) is 4. The number of thioether (sulfide) groups is 1. The molecule has 2 unspecified atom stereocenters. The minimum absolute atomic E-state index is 0.273. The highest BCUT2D eigenvalue weighted by Gasteiger charge is 2.28. The normalized spacial score (nSPS) is 33.7. The maximum Gasteiger partial charge on any atom is 0.407 e. The zero-order valence-electron chi connectivity index (χ0n) is 13.8. The van der Waals surface area contributed by atoms with Gasteiger partial charge in [0.15, 0.2) is 0 Å². The van der Waals surface area contributed by atoms with E-state index >= 15 is 0 Å². The van der Waals surface area contributed by atoms with Gasteiger partial charge in [-0.25, -0.2) is 4.79 Å². The van der Waals surface area contributed by atoms with Crippen molar-refractivity contribution in [3.05, 3.63) is 0 Å². The van der Waals surface area contributed by atoms with Gasteiger partial charge in [0.05, 0.1) is 0 Å². The smallest absolute Gasteiger partial charge is 0.407 e. The molecule has 2 fully saturated rings.